The van der Waals surface area contributed by atoms with E-state index in [1.807, 2.05) is 12.1 Å². The van der Waals surface area contributed by atoms with Gasteiger partial charge in [-0.05, 0) is 18.6 Å². The van der Waals surface area contributed by atoms with E-state index in [4.69, 9.17) is 5.73 Å². The highest BCUT2D eigenvalue weighted by Gasteiger charge is 2.22. The van der Waals surface area contributed by atoms with Crippen molar-refractivity contribution < 1.29 is 5.11 Å². The zero-order valence-corrected chi connectivity index (χ0v) is 8.85. The van der Waals surface area contributed by atoms with E-state index in [1.54, 1.807) is 6.20 Å². The van der Waals surface area contributed by atoms with Crippen molar-refractivity contribution >= 4 is 22.3 Å². The predicted octanol–water partition coefficient (Wildman–Crippen LogP) is 0.716. The molecule has 0 aliphatic carbocycles. The maximum Gasteiger partial charge on any atom is 0.0731 e. The van der Waals surface area contributed by atoms with Crippen molar-refractivity contribution in [1.29, 1.82) is 0 Å². The Labute approximate surface area is 92.9 Å². The average Bonchev–Trinajstić information content (AvgIpc) is 2.84. The Hall–Kier alpha value is -1.75. The number of fused-ring (bicyclic) bond motifs is 1. The number of aromatic nitrogens is 2. The van der Waals surface area contributed by atoms with Gasteiger partial charge in [-0.25, -0.2) is 0 Å². The van der Waals surface area contributed by atoms with Gasteiger partial charge >= 0.3 is 0 Å². The van der Waals surface area contributed by atoms with Crippen LogP contribution in [0.5, 0.6) is 0 Å². The lowest BCUT2D eigenvalue weighted by Crippen LogP contribution is -2.22. The number of H-pyrrole nitrogens is 1. The number of anilines is 2. The average molecular weight is 218 g/mol. The first-order valence-corrected chi connectivity index (χ1v) is 5.39. The van der Waals surface area contributed by atoms with E-state index < -0.39 is 0 Å². The summed E-state index contributed by atoms with van der Waals surface area (Å²) in [5.41, 5.74) is 8.70. The fourth-order valence-electron chi connectivity index (χ4n) is 2.23. The summed E-state index contributed by atoms with van der Waals surface area (Å²) in [6.45, 7) is 1.51. The maximum atomic E-state index is 9.52. The number of nitrogens with two attached hydrogens (primary N) is 1. The molecule has 4 N–H and O–H groups in total. The number of nitrogen functional groups attached to an aromatic ring is 1. The van der Waals surface area contributed by atoms with Crippen molar-refractivity contribution in [3.05, 3.63) is 18.3 Å². The molecule has 1 unspecified atom stereocenters. The van der Waals surface area contributed by atoms with Crippen LogP contribution in [0.25, 0.3) is 10.9 Å². The third kappa shape index (κ3) is 1.40. The summed E-state index contributed by atoms with van der Waals surface area (Å²) in [5.74, 6) is 0. The molecule has 1 aromatic heterocycles. The minimum Gasteiger partial charge on any atom is -0.397 e. The van der Waals surface area contributed by atoms with Crippen LogP contribution in [-0.2, 0) is 0 Å². The molecule has 0 spiro atoms. The minimum atomic E-state index is -0.239. The first-order chi connectivity index (χ1) is 7.74. The third-order valence-corrected chi connectivity index (χ3v) is 3.09. The van der Waals surface area contributed by atoms with E-state index in [2.05, 4.69) is 15.1 Å². The minimum absolute atomic E-state index is 0.239. The highest BCUT2D eigenvalue weighted by atomic mass is 16.3. The normalized spacial score (nSPS) is 20.8. The molecule has 1 aliphatic rings. The Morgan fingerprint density at radius 3 is 3.12 bits per heavy atom. The first-order valence-electron chi connectivity index (χ1n) is 5.39. The maximum absolute atomic E-state index is 9.52. The van der Waals surface area contributed by atoms with Gasteiger partial charge in [0.1, 0.15) is 0 Å². The number of nitrogens with one attached hydrogen (secondary N) is 1. The number of aliphatic hydroxyl groups excluding tert-OH is 1. The summed E-state index contributed by atoms with van der Waals surface area (Å²) in [5, 5.41) is 17.4. The zero-order chi connectivity index (χ0) is 11.1. The van der Waals surface area contributed by atoms with Crippen molar-refractivity contribution in [3.8, 4) is 0 Å². The monoisotopic (exact) mass is 218 g/mol. The lowest BCUT2D eigenvalue weighted by Gasteiger charge is -2.19. The van der Waals surface area contributed by atoms with E-state index in [0.29, 0.717) is 6.54 Å². The van der Waals surface area contributed by atoms with Crippen LogP contribution in [0.2, 0.25) is 0 Å². The molecule has 0 bridgehead atoms. The van der Waals surface area contributed by atoms with Crippen molar-refractivity contribution in [2.24, 2.45) is 0 Å². The summed E-state index contributed by atoms with van der Waals surface area (Å²) in [6.07, 6.45) is 2.33. The van der Waals surface area contributed by atoms with Crippen molar-refractivity contribution in [2.45, 2.75) is 12.5 Å². The van der Waals surface area contributed by atoms with Crippen molar-refractivity contribution in [1.82, 2.24) is 10.2 Å². The summed E-state index contributed by atoms with van der Waals surface area (Å²) >= 11 is 0. The van der Waals surface area contributed by atoms with Gasteiger partial charge in [0.25, 0.3) is 0 Å². The second kappa shape index (κ2) is 3.38. The molecule has 2 heterocycles. The molecule has 3 rings (SSSR count). The summed E-state index contributed by atoms with van der Waals surface area (Å²) < 4.78 is 0. The molecule has 1 fully saturated rings. The number of β-amino-alcohol motifs (C(OH)–C–C–N with tert-alkyl or cyclic N) is 1. The number of nitrogens with zero attached hydrogens (tertiary/aromatic N) is 2. The summed E-state index contributed by atoms with van der Waals surface area (Å²) in [4.78, 5) is 2.11. The Morgan fingerprint density at radius 1 is 1.50 bits per heavy atom. The van der Waals surface area contributed by atoms with Gasteiger partial charge in [0.05, 0.1) is 29.2 Å². The molecule has 0 radical (unpaired) electrons. The van der Waals surface area contributed by atoms with Crippen LogP contribution in [0.15, 0.2) is 18.3 Å². The third-order valence-electron chi connectivity index (χ3n) is 3.09. The van der Waals surface area contributed by atoms with E-state index >= 15 is 0 Å². The summed E-state index contributed by atoms with van der Waals surface area (Å²) in [7, 11) is 0. The number of aliphatic hydroxyl groups is 1. The molecule has 84 valence electrons. The Morgan fingerprint density at radius 2 is 2.38 bits per heavy atom. The molecule has 1 aromatic carbocycles. The number of rotatable bonds is 1. The van der Waals surface area contributed by atoms with Gasteiger partial charge in [0.2, 0.25) is 0 Å². The van der Waals surface area contributed by atoms with Crippen LogP contribution in [0.3, 0.4) is 0 Å². The molecule has 1 aliphatic heterocycles. The predicted molar refractivity (Wildman–Crippen MR) is 63.3 cm³/mol. The Kier molecular flexibility index (Phi) is 2.00. The molecule has 5 heteroatoms. The highest BCUT2D eigenvalue weighted by Crippen LogP contribution is 2.30. The van der Waals surface area contributed by atoms with Crippen LogP contribution in [0.4, 0.5) is 11.4 Å². The van der Waals surface area contributed by atoms with E-state index in [-0.39, 0.29) is 6.10 Å². The van der Waals surface area contributed by atoms with Crippen LogP contribution in [0.1, 0.15) is 6.42 Å². The van der Waals surface area contributed by atoms with Crippen LogP contribution >= 0.6 is 0 Å². The number of hydrogen-bond acceptors (Lipinski definition) is 4. The lowest BCUT2D eigenvalue weighted by molar-refractivity contribution is 0.198. The Balaban J connectivity index is 2.05. The van der Waals surface area contributed by atoms with Gasteiger partial charge in [0.15, 0.2) is 0 Å². The number of hydrogen-bond donors (Lipinski definition) is 3. The van der Waals surface area contributed by atoms with Gasteiger partial charge in [-0.3, -0.25) is 5.10 Å². The standard InChI is InChI=1S/C11H14N4O/c12-9-3-7-5-13-14-10(7)4-11(9)15-2-1-8(16)6-15/h3-5,8,16H,1-2,6,12H2,(H,13,14). The SMILES string of the molecule is Nc1cc2cn[nH]c2cc1N1CCC(O)C1. The van der Waals surface area contributed by atoms with Crippen LogP contribution < -0.4 is 10.6 Å². The molecule has 1 saturated heterocycles. The van der Waals surface area contributed by atoms with Gasteiger partial charge in [-0.2, -0.15) is 5.10 Å². The molecule has 1 atom stereocenters. The lowest BCUT2D eigenvalue weighted by atomic mass is 10.2. The van der Waals surface area contributed by atoms with Gasteiger partial charge in [0, 0.05) is 18.5 Å². The first kappa shape index (κ1) is 9.47. The van der Waals surface area contributed by atoms with Crippen molar-refractivity contribution in [2.75, 3.05) is 23.7 Å². The quantitative estimate of drug-likeness (QED) is 0.616. The van der Waals surface area contributed by atoms with E-state index in [9.17, 15) is 5.11 Å². The molecule has 16 heavy (non-hydrogen) atoms. The van der Waals surface area contributed by atoms with Crippen molar-refractivity contribution in [3.63, 3.8) is 0 Å². The van der Waals surface area contributed by atoms with Gasteiger partial charge in [-0.1, -0.05) is 0 Å². The van der Waals surface area contributed by atoms with E-state index in [1.165, 1.54) is 0 Å². The topological polar surface area (TPSA) is 78.2 Å². The smallest absolute Gasteiger partial charge is 0.0731 e. The van der Waals surface area contributed by atoms with Crippen LogP contribution in [0, 0.1) is 0 Å². The number of benzene rings is 1. The van der Waals surface area contributed by atoms with Crippen LogP contribution in [-0.4, -0.2) is 34.5 Å². The molecule has 0 saturated carbocycles. The Bertz CT molecular complexity index is 522. The molecule has 0 amide bonds. The second-order valence-electron chi connectivity index (χ2n) is 4.26. The fraction of sp³-hybridized carbons (Fsp3) is 0.364. The largest absolute Gasteiger partial charge is 0.397 e. The summed E-state index contributed by atoms with van der Waals surface area (Å²) in [6, 6.07) is 3.91. The molecular formula is C11H14N4O. The van der Waals surface area contributed by atoms with E-state index in [0.717, 1.165) is 35.2 Å². The highest BCUT2D eigenvalue weighted by molar-refractivity contribution is 5.89. The van der Waals surface area contributed by atoms with Gasteiger partial charge < -0.3 is 15.7 Å². The number of aromatic amines is 1. The molecule has 5 nitrogen and oxygen atoms in total. The molecule has 2 aromatic rings. The zero-order valence-electron chi connectivity index (χ0n) is 8.85. The van der Waals surface area contributed by atoms with Gasteiger partial charge in [-0.15, -0.1) is 0 Å². The second-order valence-corrected chi connectivity index (χ2v) is 4.26. The molecular weight excluding hydrogens is 204 g/mol. The fourth-order valence-corrected chi connectivity index (χ4v) is 2.23.